The van der Waals surface area contributed by atoms with Crippen molar-refractivity contribution in [2.45, 2.75) is 6.42 Å². The Kier molecular flexibility index (Phi) is 4.89. The lowest BCUT2D eigenvalue weighted by Gasteiger charge is -2.31. The fraction of sp³-hybridized carbons (Fsp3) is 0.240. The Bertz CT molecular complexity index is 1190. The molecule has 0 saturated carbocycles. The molecule has 1 aliphatic rings. The summed E-state index contributed by atoms with van der Waals surface area (Å²) in [6.45, 7) is 4.45. The van der Waals surface area contributed by atoms with Crippen molar-refractivity contribution in [1.29, 1.82) is 0 Å². The van der Waals surface area contributed by atoms with Crippen LogP contribution in [0.15, 0.2) is 71.3 Å². The summed E-state index contributed by atoms with van der Waals surface area (Å²) in [5.41, 5.74) is 3.76. The van der Waals surface area contributed by atoms with E-state index in [1.54, 1.807) is 11.2 Å². The number of amides is 1. The van der Waals surface area contributed by atoms with E-state index in [1.807, 2.05) is 36.4 Å². The molecule has 0 unspecified atom stereocenters. The molecule has 4 aromatic rings. The number of benzene rings is 3. The average Bonchev–Trinajstić information content (AvgIpc) is 3.18. The second-order valence-electron chi connectivity index (χ2n) is 8.14. The van der Waals surface area contributed by atoms with Gasteiger partial charge in [0, 0.05) is 22.3 Å². The standard InChI is InChI=1S/C25H25N3O2/c1-27-12-14-28(15-13-27)21-9-7-20(8-10-21)26-24(29)16-19-17-30-23-11-6-18-4-2-3-5-22(18)25(19)23/h2-11,17H,12-16H2,1H3,(H,26,29)/p+1. The van der Waals surface area contributed by atoms with Gasteiger partial charge >= 0.3 is 0 Å². The van der Waals surface area contributed by atoms with Gasteiger partial charge in [-0.1, -0.05) is 30.3 Å². The summed E-state index contributed by atoms with van der Waals surface area (Å²) >= 11 is 0. The zero-order valence-electron chi connectivity index (χ0n) is 17.2. The minimum absolute atomic E-state index is 0.0402. The van der Waals surface area contributed by atoms with Gasteiger partial charge in [0.25, 0.3) is 0 Å². The summed E-state index contributed by atoms with van der Waals surface area (Å²) in [6.07, 6.45) is 1.99. The van der Waals surface area contributed by atoms with Crippen molar-refractivity contribution in [3.63, 3.8) is 0 Å². The van der Waals surface area contributed by atoms with Crippen LogP contribution in [0.1, 0.15) is 5.56 Å². The molecule has 30 heavy (non-hydrogen) atoms. The van der Waals surface area contributed by atoms with Crippen molar-refractivity contribution in [3.8, 4) is 0 Å². The number of furan rings is 1. The molecule has 1 aliphatic heterocycles. The van der Waals surface area contributed by atoms with Crippen LogP contribution in [-0.2, 0) is 11.2 Å². The number of piperazine rings is 1. The highest BCUT2D eigenvalue weighted by atomic mass is 16.3. The van der Waals surface area contributed by atoms with Crippen LogP contribution in [0, 0.1) is 0 Å². The number of carbonyl (C=O) groups is 1. The third kappa shape index (κ3) is 3.64. The predicted octanol–water partition coefficient (Wildman–Crippen LogP) is 3.10. The Morgan fingerprint density at radius 3 is 2.60 bits per heavy atom. The predicted molar refractivity (Wildman–Crippen MR) is 121 cm³/mol. The molecule has 3 aromatic carbocycles. The lowest BCUT2D eigenvalue weighted by molar-refractivity contribution is -0.880. The normalized spacial score (nSPS) is 15.0. The lowest BCUT2D eigenvalue weighted by Crippen LogP contribution is -3.12. The molecule has 2 heterocycles. The zero-order valence-corrected chi connectivity index (χ0v) is 17.2. The van der Waals surface area contributed by atoms with Crippen molar-refractivity contribution >= 4 is 39.0 Å². The second-order valence-corrected chi connectivity index (χ2v) is 8.14. The molecule has 0 bridgehead atoms. The molecule has 5 rings (SSSR count). The van der Waals surface area contributed by atoms with Crippen LogP contribution in [-0.4, -0.2) is 39.1 Å². The number of hydrogen-bond donors (Lipinski definition) is 2. The fourth-order valence-electron chi connectivity index (χ4n) is 4.28. The van der Waals surface area contributed by atoms with Crippen LogP contribution < -0.4 is 15.1 Å². The van der Waals surface area contributed by atoms with Gasteiger partial charge in [-0.05, 0) is 41.1 Å². The van der Waals surface area contributed by atoms with Crippen LogP contribution in [0.5, 0.6) is 0 Å². The molecule has 1 saturated heterocycles. The molecule has 1 fully saturated rings. The third-order valence-electron chi connectivity index (χ3n) is 6.02. The van der Waals surface area contributed by atoms with Crippen LogP contribution >= 0.6 is 0 Å². The second kappa shape index (κ2) is 7.84. The molecule has 152 valence electrons. The van der Waals surface area contributed by atoms with Crippen LogP contribution in [0.25, 0.3) is 21.7 Å². The van der Waals surface area contributed by atoms with E-state index in [9.17, 15) is 4.79 Å². The molecule has 2 N–H and O–H groups in total. The van der Waals surface area contributed by atoms with Crippen LogP contribution in [0.2, 0.25) is 0 Å². The van der Waals surface area contributed by atoms with E-state index in [0.717, 1.165) is 59.2 Å². The maximum absolute atomic E-state index is 12.7. The maximum atomic E-state index is 12.7. The fourth-order valence-corrected chi connectivity index (χ4v) is 4.28. The molecule has 5 nitrogen and oxygen atoms in total. The number of rotatable bonds is 4. The number of hydrogen-bond acceptors (Lipinski definition) is 3. The Morgan fingerprint density at radius 1 is 1.03 bits per heavy atom. The molecule has 1 amide bonds. The molecule has 1 aromatic heterocycles. The number of carbonyl (C=O) groups excluding carboxylic acids is 1. The minimum Gasteiger partial charge on any atom is -0.464 e. The molecule has 0 radical (unpaired) electrons. The van der Waals surface area contributed by atoms with E-state index in [4.69, 9.17) is 4.42 Å². The quantitative estimate of drug-likeness (QED) is 0.554. The number of likely N-dealkylation sites (N-methyl/N-ethyl adjacent to an activating group) is 1. The highest BCUT2D eigenvalue weighted by Gasteiger charge is 2.17. The van der Waals surface area contributed by atoms with E-state index >= 15 is 0 Å². The number of anilines is 2. The summed E-state index contributed by atoms with van der Waals surface area (Å²) < 4.78 is 5.71. The van der Waals surface area contributed by atoms with E-state index in [2.05, 4.69) is 41.5 Å². The van der Waals surface area contributed by atoms with Gasteiger partial charge in [0.15, 0.2) is 0 Å². The van der Waals surface area contributed by atoms with Gasteiger partial charge in [0.05, 0.1) is 45.9 Å². The molecule has 5 heteroatoms. The Morgan fingerprint density at radius 2 is 1.80 bits per heavy atom. The summed E-state index contributed by atoms with van der Waals surface area (Å²) in [7, 11) is 2.24. The highest BCUT2D eigenvalue weighted by Crippen LogP contribution is 2.30. The zero-order chi connectivity index (χ0) is 20.5. The number of fused-ring (bicyclic) bond motifs is 3. The van der Waals surface area contributed by atoms with E-state index in [0.29, 0.717) is 0 Å². The largest absolute Gasteiger partial charge is 0.464 e. The third-order valence-corrected chi connectivity index (χ3v) is 6.02. The van der Waals surface area contributed by atoms with E-state index < -0.39 is 0 Å². The first-order valence-electron chi connectivity index (χ1n) is 10.5. The topological polar surface area (TPSA) is 49.9 Å². The maximum Gasteiger partial charge on any atom is 0.228 e. The van der Waals surface area contributed by atoms with Crippen molar-refractivity contribution in [2.75, 3.05) is 43.4 Å². The molecule has 0 spiro atoms. The van der Waals surface area contributed by atoms with Gasteiger partial charge < -0.3 is 19.5 Å². The molecular weight excluding hydrogens is 374 g/mol. The monoisotopic (exact) mass is 400 g/mol. The lowest BCUT2D eigenvalue weighted by atomic mass is 10.0. The minimum atomic E-state index is -0.0402. The average molecular weight is 401 g/mol. The van der Waals surface area contributed by atoms with Gasteiger partial charge in [-0.2, -0.15) is 0 Å². The summed E-state index contributed by atoms with van der Waals surface area (Å²) in [6, 6.07) is 20.4. The molecule has 0 aliphatic carbocycles. The Balaban J connectivity index is 1.30. The first-order valence-corrected chi connectivity index (χ1v) is 10.5. The smallest absolute Gasteiger partial charge is 0.228 e. The Labute approximate surface area is 175 Å². The summed E-state index contributed by atoms with van der Waals surface area (Å²) in [4.78, 5) is 16.7. The SMILES string of the molecule is C[NH+]1CCN(c2ccc(NC(=O)Cc3coc4ccc5ccccc5c34)cc2)CC1. The highest BCUT2D eigenvalue weighted by molar-refractivity contribution is 6.09. The van der Waals surface area contributed by atoms with Crippen molar-refractivity contribution < 1.29 is 14.1 Å². The summed E-state index contributed by atoms with van der Waals surface area (Å²) in [5.74, 6) is -0.0402. The number of nitrogens with zero attached hydrogens (tertiary/aromatic N) is 1. The van der Waals surface area contributed by atoms with Crippen molar-refractivity contribution in [1.82, 2.24) is 0 Å². The van der Waals surface area contributed by atoms with Gasteiger partial charge in [0.2, 0.25) is 5.91 Å². The van der Waals surface area contributed by atoms with Crippen molar-refractivity contribution in [3.05, 3.63) is 72.5 Å². The van der Waals surface area contributed by atoms with Crippen LogP contribution in [0.4, 0.5) is 11.4 Å². The first-order chi connectivity index (χ1) is 14.7. The molecule has 0 atom stereocenters. The van der Waals surface area contributed by atoms with Gasteiger partial charge in [0.1, 0.15) is 5.58 Å². The number of quaternary nitrogens is 1. The van der Waals surface area contributed by atoms with Gasteiger partial charge in [-0.15, -0.1) is 0 Å². The van der Waals surface area contributed by atoms with Gasteiger partial charge in [-0.25, -0.2) is 0 Å². The molecular formula is C25H26N3O2+. The first kappa shape index (κ1) is 18.7. The van der Waals surface area contributed by atoms with E-state index in [1.165, 1.54) is 5.69 Å². The van der Waals surface area contributed by atoms with Crippen LogP contribution in [0.3, 0.4) is 0 Å². The summed E-state index contributed by atoms with van der Waals surface area (Å²) in [5, 5.41) is 6.31. The van der Waals surface area contributed by atoms with Gasteiger partial charge in [-0.3, -0.25) is 4.79 Å². The van der Waals surface area contributed by atoms with Crippen molar-refractivity contribution in [2.24, 2.45) is 0 Å². The number of nitrogens with one attached hydrogen (secondary N) is 2. The Hall–Kier alpha value is -3.31. The van der Waals surface area contributed by atoms with E-state index in [-0.39, 0.29) is 12.3 Å².